The SMILES string of the molecule is CC[P+](=O)O.O=[P+]([O-])[O-].[Mg+2]. The van der Waals surface area contributed by atoms with Crippen LogP contribution in [0.25, 0.3) is 0 Å². The third-order valence-corrected chi connectivity index (χ3v) is 0.812. The molecular formula is C2H6MgO5P2+2. The largest absolute Gasteiger partial charge is 2.00 e. The molecule has 0 fully saturated rings. The van der Waals surface area contributed by atoms with Crippen LogP contribution in [0.1, 0.15) is 6.92 Å². The summed E-state index contributed by atoms with van der Waals surface area (Å²) >= 11 is 0. The van der Waals surface area contributed by atoms with Crippen LogP contribution in [0.15, 0.2) is 0 Å². The first kappa shape index (κ1) is 17.1. The van der Waals surface area contributed by atoms with Crippen LogP contribution < -0.4 is 9.79 Å². The van der Waals surface area contributed by atoms with E-state index in [1.165, 1.54) is 0 Å². The zero-order chi connectivity index (χ0) is 7.86. The fraction of sp³-hybridized carbons (Fsp3) is 1.00. The maximum Gasteiger partial charge on any atom is 2.00 e. The average Bonchev–Trinajstić information content (AvgIpc) is 1.65. The summed E-state index contributed by atoms with van der Waals surface area (Å²) in [5.74, 6) is 0. The molecule has 54 valence electrons. The number of hydrogen-bond acceptors (Lipinski definition) is 4. The van der Waals surface area contributed by atoms with E-state index in [9.17, 15) is 4.57 Å². The molecule has 0 saturated heterocycles. The van der Waals surface area contributed by atoms with Crippen LogP contribution in [0, 0.1) is 0 Å². The van der Waals surface area contributed by atoms with Crippen molar-refractivity contribution in [2.45, 2.75) is 6.92 Å². The minimum absolute atomic E-state index is 0. The van der Waals surface area contributed by atoms with Crippen LogP contribution >= 0.6 is 16.3 Å². The van der Waals surface area contributed by atoms with Gasteiger partial charge in [0.1, 0.15) is 0 Å². The van der Waals surface area contributed by atoms with Crippen molar-refractivity contribution in [1.29, 1.82) is 0 Å². The van der Waals surface area contributed by atoms with Crippen molar-refractivity contribution in [3.05, 3.63) is 0 Å². The van der Waals surface area contributed by atoms with E-state index >= 15 is 0 Å². The van der Waals surface area contributed by atoms with E-state index in [0.717, 1.165) is 0 Å². The molecule has 0 aromatic heterocycles. The smallest absolute Gasteiger partial charge is 0.598 e. The van der Waals surface area contributed by atoms with E-state index in [4.69, 9.17) is 19.2 Å². The second kappa shape index (κ2) is 12.5. The van der Waals surface area contributed by atoms with E-state index < -0.39 is 16.3 Å². The predicted molar refractivity (Wildman–Crippen MR) is 33.7 cm³/mol. The van der Waals surface area contributed by atoms with Crippen molar-refractivity contribution in [2.75, 3.05) is 6.16 Å². The third-order valence-electron chi connectivity index (χ3n) is 0.271. The van der Waals surface area contributed by atoms with Gasteiger partial charge in [-0.3, -0.25) is 0 Å². The Morgan fingerprint density at radius 3 is 1.50 bits per heavy atom. The first-order chi connectivity index (χ1) is 4.00. The van der Waals surface area contributed by atoms with E-state index in [1.807, 2.05) is 0 Å². The quantitative estimate of drug-likeness (QED) is 0.416. The van der Waals surface area contributed by atoms with Crippen LogP contribution in [0.3, 0.4) is 0 Å². The summed E-state index contributed by atoms with van der Waals surface area (Å²) in [5, 5.41) is 0. The molecule has 0 rings (SSSR count). The van der Waals surface area contributed by atoms with Gasteiger partial charge in [-0.05, 0) is 11.5 Å². The molecule has 0 aliphatic heterocycles. The zero-order valence-corrected chi connectivity index (χ0v) is 8.59. The molecule has 0 heterocycles. The van der Waals surface area contributed by atoms with Gasteiger partial charge in [0.2, 0.25) is 0 Å². The van der Waals surface area contributed by atoms with Crippen molar-refractivity contribution in [3.8, 4) is 0 Å². The van der Waals surface area contributed by atoms with Crippen LogP contribution in [0.2, 0.25) is 0 Å². The van der Waals surface area contributed by atoms with Crippen LogP contribution in [-0.4, -0.2) is 34.1 Å². The topological polar surface area (TPSA) is 100 Å². The Hall–Kier alpha value is 0.846. The summed E-state index contributed by atoms with van der Waals surface area (Å²) in [6, 6.07) is 0. The second-order valence-electron chi connectivity index (χ2n) is 0.892. The van der Waals surface area contributed by atoms with Crippen LogP contribution in [0.4, 0.5) is 0 Å². The van der Waals surface area contributed by atoms with Gasteiger partial charge in [-0.2, -0.15) is 4.89 Å². The Labute approximate surface area is 76.4 Å². The molecule has 8 heteroatoms. The average molecular weight is 196 g/mol. The van der Waals surface area contributed by atoms with Gasteiger partial charge < -0.3 is 9.79 Å². The summed E-state index contributed by atoms with van der Waals surface area (Å²) in [4.78, 5) is 24.8. The monoisotopic (exact) mass is 196 g/mol. The molecule has 0 amide bonds. The van der Waals surface area contributed by atoms with Crippen LogP contribution in [-0.2, 0) is 9.13 Å². The Balaban J connectivity index is -0.0000000910. The fourth-order valence-electron chi connectivity index (χ4n) is 0. The molecule has 0 aromatic carbocycles. The molecule has 10 heavy (non-hydrogen) atoms. The normalized spacial score (nSPS) is 8.20. The summed E-state index contributed by atoms with van der Waals surface area (Å²) in [6.07, 6.45) is 0.370. The zero-order valence-electron chi connectivity index (χ0n) is 5.39. The van der Waals surface area contributed by atoms with Gasteiger partial charge in [0.05, 0.1) is 0 Å². The maximum absolute atomic E-state index is 9.52. The van der Waals surface area contributed by atoms with Crippen LogP contribution in [0.5, 0.6) is 0 Å². The first-order valence-corrected chi connectivity index (χ1v) is 4.45. The summed E-state index contributed by atoms with van der Waals surface area (Å²) in [5.41, 5.74) is 0. The third kappa shape index (κ3) is 67.2. The molecule has 0 saturated carbocycles. The molecule has 0 aromatic rings. The maximum atomic E-state index is 9.52. The predicted octanol–water partition coefficient (Wildman–Crippen LogP) is -1.28. The summed E-state index contributed by atoms with van der Waals surface area (Å²) < 4.78 is 18.0. The number of rotatable bonds is 1. The molecular weight excluding hydrogens is 190 g/mol. The van der Waals surface area contributed by atoms with Crippen molar-refractivity contribution < 1.29 is 23.8 Å². The molecule has 5 nitrogen and oxygen atoms in total. The van der Waals surface area contributed by atoms with Gasteiger partial charge in [0.15, 0.2) is 6.16 Å². The molecule has 1 unspecified atom stereocenters. The van der Waals surface area contributed by atoms with Gasteiger partial charge in [-0.15, -0.1) is 0 Å². The minimum Gasteiger partial charge on any atom is -0.598 e. The molecule has 0 aliphatic rings. The van der Waals surface area contributed by atoms with E-state index in [1.54, 1.807) is 6.92 Å². The minimum atomic E-state index is -3.37. The van der Waals surface area contributed by atoms with Gasteiger partial charge in [0, 0.05) is 0 Å². The van der Waals surface area contributed by atoms with Gasteiger partial charge >= 0.3 is 31.1 Å². The second-order valence-corrected chi connectivity index (χ2v) is 2.68. The molecule has 1 atom stereocenters. The van der Waals surface area contributed by atoms with Crippen molar-refractivity contribution in [3.63, 3.8) is 0 Å². The molecule has 0 bridgehead atoms. The summed E-state index contributed by atoms with van der Waals surface area (Å²) in [7, 11) is -5.22. The summed E-state index contributed by atoms with van der Waals surface area (Å²) in [6.45, 7) is 1.67. The molecule has 0 radical (unpaired) electrons. The van der Waals surface area contributed by atoms with E-state index in [0.29, 0.717) is 6.16 Å². The molecule has 0 aliphatic carbocycles. The van der Waals surface area contributed by atoms with E-state index in [-0.39, 0.29) is 23.1 Å². The van der Waals surface area contributed by atoms with Crippen molar-refractivity contribution in [2.24, 2.45) is 0 Å². The van der Waals surface area contributed by atoms with Gasteiger partial charge in [-0.1, -0.05) is 4.57 Å². The Bertz CT molecular complexity index is 102. The fourth-order valence-corrected chi connectivity index (χ4v) is 0. The Morgan fingerprint density at radius 1 is 1.40 bits per heavy atom. The van der Waals surface area contributed by atoms with Gasteiger partial charge in [0.25, 0.3) is 8.25 Å². The van der Waals surface area contributed by atoms with Gasteiger partial charge in [-0.25, -0.2) is 0 Å². The van der Waals surface area contributed by atoms with Crippen molar-refractivity contribution in [1.82, 2.24) is 0 Å². The molecule has 1 N–H and O–H groups in total. The van der Waals surface area contributed by atoms with Crippen molar-refractivity contribution >= 4 is 39.3 Å². The molecule has 0 spiro atoms. The Morgan fingerprint density at radius 2 is 1.50 bits per heavy atom. The number of hydrogen-bond donors (Lipinski definition) is 1. The standard InChI is InChI=1S/C2H5O2P.Mg.HO3P/c1-2-5(3)4;;1-4(2)3/h2H2,1H3;;(H,1,2,3)/q;+2;. The first-order valence-electron chi connectivity index (χ1n) is 1.95. The Kier molecular flexibility index (Phi) is 21.4. The van der Waals surface area contributed by atoms with E-state index in [2.05, 4.69) is 0 Å².